The van der Waals surface area contributed by atoms with Crippen LogP contribution in [0.1, 0.15) is 18.4 Å². The lowest BCUT2D eigenvalue weighted by atomic mass is 10.2. The smallest absolute Gasteiger partial charge is 0.312 e. The normalized spacial score (nSPS) is 19.7. The Kier molecular flexibility index (Phi) is 7.48. The summed E-state index contributed by atoms with van der Waals surface area (Å²) in [5.74, 6) is 0.227. The summed E-state index contributed by atoms with van der Waals surface area (Å²) in [6, 6.07) is 7.63. The van der Waals surface area contributed by atoms with E-state index < -0.39 is 6.10 Å². The Morgan fingerprint density at radius 3 is 2.80 bits per heavy atom. The zero-order chi connectivity index (χ0) is 13.7. The molecule has 1 saturated heterocycles. The minimum Gasteiger partial charge on any atom is -1.00 e. The number of carbonyl (C=O) groups is 1. The number of benzene rings is 1. The molecule has 0 aliphatic carbocycles. The highest BCUT2D eigenvalue weighted by atomic mass is 35.5. The fourth-order valence-corrected chi connectivity index (χ4v) is 2.57. The van der Waals surface area contributed by atoms with Crippen molar-refractivity contribution in [1.82, 2.24) is 5.32 Å². The summed E-state index contributed by atoms with van der Waals surface area (Å²) in [7, 11) is 0. The molecule has 0 radical (unpaired) electrons. The van der Waals surface area contributed by atoms with Crippen molar-refractivity contribution in [3.63, 3.8) is 0 Å². The van der Waals surface area contributed by atoms with Crippen molar-refractivity contribution in [3.8, 4) is 0 Å². The van der Waals surface area contributed by atoms with Crippen molar-refractivity contribution in [2.24, 2.45) is 0 Å². The number of rotatable bonds is 6. The molecule has 0 aromatic heterocycles. The van der Waals surface area contributed by atoms with E-state index >= 15 is 0 Å². The monoisotopic (exact) mass is 318 g/mol. The summed E-state index contributed by atoms with van der Waals surface area (Å²) in [6.07, 6.45) is 1.09. The highest BCUT2D eigenvalue weighted by Crippen LogP contribution is 2.14. The number of halogens is 2. The predicted molar refractivity (Wildman–Crippen MR) is 74.1 cm³/mol. The minimum atomic E-state index is -0.500. The fraction of sp³-hybridized carbons (Fsp3) is 0.500. The van der Waals surface area contributed by atoms with Crippen LogP contribution in [0, 0.1) is 0 Å². The standard InChI is InChI=1S/C14H19ClN2O2.ClH/c15-13-5-2-1-4-11(13)8-16-9-12(18)10-17-7-3-6-14(17)19;/h1-2,4-5,12,16,18H,3,6-10H2;1H. The van der Waals surface area contributed by atoms with Crippen LogP contribution in [-0.2, 0) is 11.3 Å². The fourth-order valence-electron chi connectivity index (χ4n) is 2.37. The van der Waals surface area contributed by atoms with Gasteiger partial charge >= 0.3 is 5.91 Å². The number of aliphatic hydroxyl groups excluding tert-OH is 1. The lowest BCUT2D eigenvalue weighted by Crippen LogP contribution is -3.13. The number of aliphatic hydroxyl groups is 1. The maximum Gasteiger partial charge on any atom is 0.312 e. The molecule has 0 saturated carbocycles. The maximum atomic E-state index is 11.5. The van der Waals surface area contributed by atoms with Crippen LogP contribution in [0.4, 0.5) is 0 Å². The molecule has 1 heterocycles. The number of hydrogen-bond donors (Lipinski definition) is 3. The van der Waals surface area contributed by atoms with E-state index in [-0.39, 0.29) is 18.3 Å². The van der Waals surface area contributed by atoms with Crippen molar-refractivity contribution in [2.45, 2.75) is 25.5 Å². The second-order valence-electron chi connectivity index (χ2n) is 4.96. The Balaban J connectivity index is 0.00000200. The third-order valence-electron chi connectivity index (χ3n) is 3.41. The van der Waals surface area contributed by atoms with Gasteiger partial charge in [0, 0.05) is 24.5 Å². The number of likely N-dealkylation sites (tertiary alicyclic amines) is 1. The first-order valence-electron chi connectivity index (χ1n) is 6.67. The van der Waals surface area contributed by atoms with Crippen LogP contribution in [0.5, 0.6) is 0 Å². The van der Waals surface area contributed by atoms with Gasteiger partial charge in [-0.25, -0.2) is 4.79 Å². The number of hydrogen-bond acceptors (Lipinski definition) is 3. The quantitative estimate of drug-likeness (QED) is 0.524. The summed E-state index contributed by atoms with van der Waals surface area (Å²) >= 11 is 6.04. The molecule has 0 spiro atoms. The van der Waals surface area contributed by atoms with Gasteiger partial charge in [-0.1, -0.05) is 29.8 Å². The second kappa shape index (κ2) is 8.60. The molecule has 3 N–H and O–H groups in total. The molecule has 4 nitrogen and oxygen atoms in total. The Morgan fingerprint density at radius 1 is 1.40 bits per heavy atom. The van der Waals surface area contributed by atoms with E-state index in [1.54, 1.807) is 0 Å². The zero-order valence-corrected chi connectivity index (χ0v) is 12.8. The van der Waals surface area contributed by atoms with Crippen LogP contribution in [0.25, 0.3) is 0 Å². The van der Waals surface area contributed by atoms with Crippen LogP contribution in [-0.4, -0.2) is 36.8 Å². The summed E-state index contributed by atoms with van der Waals surface area (Å²) < 4.78 is 0. The van der Waals surface area contributed by atoms with Gasteiger partial charge in [-0.3, -0.25) is 4.90 Å². The topological polar surface area (TPSA) is 53.8 Å². The maximum absolute atomic E-state index is 11.5. The molecule has 1 amide bonds. The van der Waals surface area contributed by atoms with Gasteiger partial charge in [0.25, 0.3) is 0 Å². The van der Waals surface area contributed by atoms with Crippen LogP contribution in [0.2, 0.25) is 5.02 Å². The Bertz CT molecular complexity index is 443. The molecule has 1 aromatic rings. The van der Waals surface area contributed by atoms with Crippen LogP contribution in [0.15, 0.2) is 24.3 Å². The molecule has 0 bridgehead atoms. The van der Waals surface area contributed by atoms with Crippen molar-refractivity contribution < 1.29 is 27.2 Å². The molecule has 20 heavy (non-hydrogen) atoms. The van der Waals surface area contributed by atoms with Gasteiger partial charge in [-0.05, 0) is 11.6 Å². The van der Waals surface area contributed by atoms with Crippen LogP contribution >= 0.6 is 11.6 Å². The van der Waals surface area contributed by atoms with Gasteiger partial charge in [-0.2, -0.15) is 0 Å². The molecule has 6 heteroatoms. The first-order chi connectivity index (χ1) is 9.16. The SMILES string of the molecule is O=C1CCC[NH+]1CC(O)CNCc1ccccc1Cl.[Cl-]. The third kappa shape index (κ3) is 5.04. The summed E-state index contributed by atoms with van der Waals surface area (Å²) in [5.41, 5.74) is 1.01. The molecule has 1 fully saturated rings. The Hall–Kier alpha value is -0.650. The van der Waals surface area contributed by atoms with Crippen LogP contribution < -0.4 is 22.6 Å². The van der Waals surface area contributed by atoms with Crippen molar-refractivity contribution in [3.05, 3.63) is 34.9 Å². The summed E-state index contributed by atoms with van der Waals surface area (Å²) in [6.45, 7) is 2.44. The molecular weight excluding hydrogens is 299 g/mol. The van der Waals surface area contributed by atoms with E-state index in [0.717, 1.165) is 28.5 Å². The van der Waals surface area contributed by atoms with Crippen molar-refractivity contribution >= 4 is 17.5 Å². The van der Waals surface area contributed by atoms with E-state index in [1.807, 2.05) is 24.3 Å². The van der Waals surface area contributed by atoms with E-state index in [9.17, 15) is 9.90 Å². The Labute approximate surface area is 130 Å². The van der Waals surface area contributed by atoms with Crippen molar-refractivity contribution in [1.29, 1.82) is 0 Å². The van der Waals surface area contributed by atoms with Crippen LogP contribution in [0.3, 0.4) is 0 Å². The predicted octanol–water partition coefficient (Wildman–Crippen LogP) is -3.00. The van der Waals surface area contributed by atoms with Gasteiger partial charge < -0.3 is 22.8 Å². The average Bonchev–Trinajstić information content (AvgIpc) is 2.77. The largest absolute Gasteiger partial charge is 1.00 e. The lowest BCUT2D eigenvalue weighted by molar-refractivity contribution is -0.815. The van der Waals surface area contributed by atoms with Gasteiger partial charge in [0.1, 0.15) is 12.6 Å². The first kappa shape index (κ1) is 17.4. The second-order valence-corrected chi connectivity index (χ2v) is 5.37. The van der Waals surface area contributed by atoms with E-state index in [2.05, 4.69) is 5.32 Å². The van der Waals surface area contributed by atoms with Gasteiger partial charge in [0.15, 0.2) is 0 Å². The molecular formula is C14H20Cl2N2O2. The minimum absolute atomic E-state index is 0. The molecule has 2 atom stereocenters. The summed E-state index contributed by atoms with van der Waals surface area (Å²) in [5, 5.41) is 13.8. The number of carbonyl (C=O) groups excluding carboxylic acids is 1. The molecule has 1 aliphatic heterocycles. The van der Waals surface area contributed by atoms with E-state index in [4.69, 9.17) is 11.6 Å². The Morgan fingerprint density at radius 2 is 2.15 bits per heavy atom. The molecule has 1 aromatic carbocycles. The molecule has 1 aliphatic rings. The van der Waals surface area contributed by atoms with E-state index in [0.29, 0.717) is 26.1 Å². The van der Waals surface area contributed by atoms with E-state index in [1.165, 1.54) is 0 Å². The van der Waals surface area contributed by atoms with Gasteiger partial charge in [0.2, 0.25) is 0 Å². The van der Waals surface area contributed by atoms with Gasteiger partial charge in [0.05, 0.1) is 13.0 Å². The number of nitrogens with one attached hydrogen (secondary N) is 2. The van der Waals surface area contributed by atoms with Crippen molar-refractivity contribution in [2.75, 3.05) is 19.6 Å². The molecule has 2 rings (SSSR count). The highest BCUT2D eigenvalue weighted by Gasteiger charge is 2.27. The molecule has 112 valence electrons. The summed E-state index contributed by atoms with van der Waals surface area (Å²) in [4.78, 5) is 12.4. The first-order valence-corrected chi connectivity index (χ1v) is 7.04. The average molecular weight is 319 g/mol. The van der Waals surface area contributed by atoms with Gasteiger partial charge in [-0.15, -0.1) is 0 Å². The number of quaternary nitrogens is 1. The number of amides is 1. The lowest BCUT2D eigenvalue weighted by Gasteiger charge is -2.16. The zero-order valence-electron chi connectivity index (χ0n) is 11.2. The highest BCUT2D eigenvalue weighted by molar-refractivity contribution is 6.31. The molecule has 2 unspecified atom stereocenters. The third-order valence-corrected chi connectivity index (χ3v) is 3.78.